The quantitative estimate of drug-likeness (QED) is 0.733. The van der Waals surface area contributed by atoms with Gasteiger partial charge >= 0.3 is 5.97 Å². The highest BCUT2D eigenvalue weighted by atomic mass is 16.5. The van der Waals surface area contributed by atoms with E-state index in [1.54, 1.807) is 0 Å². The minimum atomic E-state index is -0.131. The van der Waals surface area contributed by atoms with Crippen LogP contribution in [0, 0.1) is 11.8 Å². The fraction of sp³-hybridized carbons (Fsp3) is 0.923. The first-order valence-corrected chi connectivity index (χ1v) is 6.47. The maximum atomic E-state index is 11.5. The SMILES string of the molecule is CCC(NC1CCC(CC)C1C)C(=O)OC. The molecule has 0 aliphatic heterocycles. The minimum Gasteiger partial charge on any atom is -0.468 e. The Morgan fingerprint density at radius 3 is 2.56 bits per heavy atom. The molecular weight excluding hydrogens is 202 g/mol. The van der Waals surface area contributed by atoms with E-state index < -0.39 is 0 Å². The van der Waals surface area contributed by atoms with E-state index in [0.717, 1.165) is 12.3 Å². The summed E-state index contributed by atoms with van der Waals surface area (Å²) in [7, 11) is 1.46. The molecule has 1 fully saturated rings. The normalized spacial score (nSPS) is 31.4. The first kappa shape index (κ1) is 13.5. The Balaban J connectivity index is 2.50. The molecule has 4 atom stereocenters. The maximum absolute atomic E-state index is 11.5. The lowest BCUT2D eigenvalue weighted by molar-refractivity contribution is -0.143. The van der Waals surface area contributed by atoms with Gasteiger partial charge in [-0.25, -0.2) is 0 Å². The molecule has 1 saturated carbocycles. The van der Waals surface area contributed by atoms with Crippen molar-refractivity contribution < 1.29 is 9.53 Å². The summed E-state index contributed by atoms with van der Waals surface area (Å²) in [4.78, 5) is 11.5. The van der Waals surface area contributed by atoms with Gasteiger partial charge in [0.2, 0.25) is 0 Å². The predicted molar refractivity (Wildman–Crippen MR) is 65.2 cm³/mol. The van der Waals surface area contributed by atoms with Gasteiger partial charge in [0, 0.05) is 6.04 Å². The van der Waals surface area contributed by atoms with Crippen LogP contribution in [0.5, 0.6) is 0 Å². The van der Waals surface area contributed by atoms with Gasteiger partial charge in [0.15, 0.2) is 0 Å². The number of carbonyl (C=O) groups is 1. The van der Waals surface area contributed by atoms with E-state index in [2.05, 4.69) is 19.2 Å². The molecule has 0 radical (unpaired) electrons. The van der Waals surface area contributed by atoms with Gasteiger partial charge in [-0.05, 0) is 31.1 Å². The van der Waals surface area contributed by atoms with Crippen molar-refractivity contribution in [1.82, 2.24) is 5.32 Å². The van der Waals surface area contributed by atoms with Crippen LogP contribution < -0.4 is 5.32 Å². The zero-order valence-electron chi connectivity index (χ0n) is 11.0. The number of ether oxygens (including phenoxy) is 1. The second kappa shape index (κ2) is 6.24. The Kier molecular flexibility index (Phi) is 5.26. The van der Waals surface area contributed by atoms with E-state index in [4.69, 9.17) is 4.74 Å². The summed E-state index contributed by atoms with van der Waals surface area (Å²) in [6, 6.07) is 0.349. The van der Waals surface area contributed by atoms with E-state index in [1.807, 2.05) is 6.92 Å². The smallest absolute Gasteiger partial charge is 0.322 e. The Hall–Kier alpha value is -0.570. The summed E-state index contributed by atoms with van der Waals surface area (Å²) < 4.78 is 4.80. The second-order valence-electron chi connectivity index (χ2n) is 4.86. The molecule has 0 aromatic heterocycles. The number of nitrogens with one attached hydrogen (secondary N) is 1. The highest BCUT2D eigenvalue weighted by Crippen LogP contribution is 2.34. The van der Waals surface area contributed by atoms with E-state index in [1.165, 1.54) is 26.4 Å². The third-order valence-corrected chi connectivity index (χ3v) is 4.06. The molecule has 1 rings (SSSR count). The Morgan fingerprint density at radius 1 is 1.44 bits per heavy atom. The molecule has 1 aliphatic rings. The average Bonchev–Trinajstić information content (AvgIpc) is 2.66. The van der Waals surface area contributed by atoms with E-state index in [0.29, 0.717) is 12.0 Å². The molecule has 16 heavy (non-hydrogen) atoms. The van der Waals surface area contributed by atoms with Crippen molar-refractivity contribution in [2.24, 2.45) is 11.8 Å². The average molecular weight is 227 g/mol. The number of hydrogen-bond donors (Lipinski definition) is 1. The first-order chi connectivity index (χ1) is 7.63. The van der Waals surface area contributed by atoms with Gasteiger partial charge in [0.05, 0.1) is 7.11 Å². The van der Waals surface area contributed by atoms with Crippen LogP contribution in [0.25, 0.3) is 0 Å². The molecular formula is C13H25NO2. The van der Waals surface area contributed by atoms with Gasteiger partial charge in [-0.15, -0.1) is 0 Å². The van der Waals surface area contributed by atoms with Gasteiger partial charge < -0.3 is 10.1 Å². The molecule has 0 saturated heterocycles. The number of carbonyl (C=O) groups excluding carboxylic acids is 1. The number of rotatable bonds is 5. The van der Waals surface area contributed by atoms with Crippen molar-refractivity contribution in [3.05, 3.63) is 0 Å². The van der Waals surface area contributed by atoms with E-state index >= 15 is 0 Å². The van der Waals surface area contributed by atoms with Crippen LogP contribution in [0.1, 0.15) is 46.5 Å². The van der Waals surface area contributed by atoms with Crippen LogP contribution in [-0.4, -0.2) is 25.2 Å². The fourth-order valence-corrected chi connectivity index (χ4v) is 2.81. The summed E-state index contributed by atoms with van der Waals surface area (Å²) >= 11 is 0. The van der Waals surface area contributed by atoms with E-state index in [9.17, 15) is 4.79 Å². The highest BCUT2D eigenvalue weighted by molar-refractivity contribution is 5.75. The second-order valence-corrected chi connectivity index (χ2v) is 4.86. The van der Waals surface area contributed by atoms with Gasteiger partial charge in [-0.1, -0.05) is 27.2 Å². The first-order valence-electron chi connectivity index (χ1n) is 6.47. The van der Waals surface area contributed by atoms with Crippen molar-refractivity contribution in [2.45, 2.75) is 58.5 Å². The molecule has 0 spiro atoms. The molecule has 3 nitrogen and oxygen atoms in total. The van der Waals surface area contributed by atoms with Crippen molar-refractivity contribution in [1.29, 1.82) is 0 Å². The van der Waals surface area contributed by atoms with Crippen LogP contribution in [0.15, 0.2) is 0 Å². The molecule has 0 heterocycles. The van der Waals surface area contributed by atoms with Crippen LogP contribution in [-0.2, 0) is 9.53 Å². The van der Waals surface area contributed by atoms with Crippen LogP contribution in [0.4, 0.5) is 0 Å². The molecule has 0 bridgehead atoms. The summed E-state index contributed by atoms with van der Waals surface area (Å²) in [6.07, 6.45) is 4.52. The van der Waals surface area contributed by atoms with Crippen LogP contribution in [0.3, 0.4) is 0 Å². The zero-order chi connectivity index (χ0) is 12.1. The number of methoxy groups -OCH3 is 1. The monoisotopic (exact) mass is 227 g/mol. The lowest BCUT2D eigenvalue weighted by Gasteiger charge is -2.25. The molecule has 0 amide bonds. The third kappa shape index (κ3) is 2.97. The molecule has 0 aromatic rings. The summed E-state index contributed by atoms with van der Waals surface area (Å²) in [5.41, 5.74) is 0. The van der Waals surface area contributed by atoms with Crippen LogP contribution >= 0.6 is 0 Å². The molecule has 4 unspecified atom stereocenters. The molecule has 1 aliphatic carbocycles. The van der Waals surface area contributed by atoms with Crippen molar-refractivity contribution in [3.8, 4) is 0 Å². The number of esters is 1. The molecule has 94 valence electrons. The molecule has 3 heteroatoms. The van der Waals surface area contributed by atoms with Gasteiger partial charge in [-0.2, -0.15) is 0 Å². The van der Waals surface area contributed by atoms with Gasteiger partial charge in [0.1, 0.15) is 6.04 Å². The van der Waals surface area contributed by atoms with Crippen molar-refractivity contribution in [2.75, 3.05) is 7.11 Å². The summed E-state index contributed by atoms with van der Waals surface area (Å²) in [6.45, 7) is 6.56. The number of hydrogen-bond acceptors (Lipinski definition) is 3. The zero-order valence-corrected chi connectivity index (χ0v) is 11.0. The Bertz CT molecular complexity index is 230. The Labute approximate surface area is 98.9 Å². The van der Waals surface area contributed by atoms with Crippen LogP contribution in [0.2, 0.25) is 0 Å². The van der Waals surface area contributed by atoms with Gasteiger partial charge in [-0.3, -0.25) is 4.79 Å². The predicted octanol–water partition coefficient (Wildman–Crippen LogP) is 2.35. The van der Waals surface area contributed by atoms with E-state index in [-0.39, 0.29) is 12.0 Å². The van der Waals surface area contributed by atoms with Crippen molar-refractivity contribution >= 4 is 5.97 Å². The largest absolute Gasteiger partial charge is 0.468 e. The maximum Gasteiger partial charge on any atom is 0.322 e. The lowest BCUT2D eigenvalue weighted by Crippen LogP contribution is -2.45. The molecule has 1 N–H and O–H groups in total. The summed E-state index contributed by atoms with van der Waals surface area (Å²) in [5, 5.41) is 3.46. The fourth-order valence-electron chi connectivity index (χ4n) is 2.81. The third-order valence-electron chi connectivity index (χ3n) is 4.06. The highest BCUT2D eigenvalue weighted by Gasteiger charge is 2.33. The van der Waals surface area contributed by atoms with Gasteiger partial charge in [0.25, 0.3) is 0 Å². The Morgan fingerprint density at radius 2 is 2.12 bits per heavy atom. The molecule has 0 aromatic carbocycles. The minimum absolute atomic E-state index is 0.130. The lowest BCUT2D eigenvalue weighted by atomic mass is 9.93. The summed E-state index contributed by atoms with van der Waals surface area (Å²) in [5.74, 6) is 1.35. The van der Waals surface area contributed by atoms with Crippen molar-refractivity contribution in [3.63, 3.8) is 0 Å². The topological polar surface area (TPSA) is 38.3 Å². The standard InChI is InChI=1S/C13H25NO2/c1-5-10-7-8-12(9(10)3)14-11(6-2)13(15)16-4/h9-12,14H,5-8H2,1-4H3.